The normalized spacial score (nSPS) is 11.1. The second-order valence-electron chi connectivity index (χ2n) is 6.37. The van der Waals surface area contributed by atoms with Gasteiger partial charge in [0, 0.05) is 16.5 Å². The van der Waals surface area contributed by atoms with Crippen LogP contribution in [0.1, 0.15) is 21.8 Å². The van der Waals surface area contributed by atoms with Crippen LogP contribution >= 0.6 is 0 Å². The van der Waals surface area contributed by atoms with Gasteiger partial charge in [-0.25, -0.2) is 9.18 Å². The van der Waals surface area contributed by atoms with Gasteiger partial charge in [0.1, 0.15) is 34.2 Å². The summed E-state index contributed by atoms with van der Waals surface area (Å²) >= 11 is 0. The van der Waals surface area contributed by atoms with Crippen molar-refractivity contribution in [1.29, 1.82) is 0 Å². The van der Waals surface area contributed by atoms with E-state index < -0.39 is 11.8 Å². The Kier molecular flexibility index (Phi) is 4.15. The quantitative estimate of drug-likeness (QED) is 0.522. The maximum absolute atomic E-state index is 13.3. The second-order valence-corrected chi connectivity index (χ2v) is 6.37. The number of aromatic carboxylic acids is 1. The molecule has 2 heterocycles. The average molecular weight is 381 g/mol. The molecule has 0 aliphatic heterocycles. The number of rotatable bonds is 4. The number of aryl methyl sites for hydroxylation is 2. The van der Waals surface area contributed by atoms with Crippen molar-refractivity contribution < 1.29 is 28.0 Å². The van der Waals surface area contributed by atoms with Gasteiger partial charge in [0.25, 0.3) is 0 Å². The lowest BCUT2D eigenvalue weighted by molar-refractivity contribution is 0.0699. The molecule has 0 amide bonds. The van der Waals surface area contributed by atoms with E-state index >= 15 is 0 Å². The second kappa shape index (κ2) is 6.53. The minimum atomic E-state index is -1.15. The van der Waals surface area contributed by atoms with Crippen LogP contribution in [0.2, 0.25) is 0 Å². The minimum Gasteiger partial charge on any atom is -0.496 e. The first kappa shape index (κ1) is 17.8. The van der Waals surface area contributed by atoms with Crippen molar-refractivity contribution in [2.75, 3.05) is 7.11 Å². The molecule has 0 radical (unpaired) electrons. The van der Waals surface area contributed by atoms with Crippen LogP contribution in [0.15, 0.2) is 45.3 Å². The number of carboxylic acid groups (broad SMARTS) is 1. The summed E-state index contributed by atoms with van der Waals surface area (Å²) in [5, 5.41) is 14.1. The van der Waals surface area contributed by atoms with E-state index in [0.29, 0.717) is 39.3 Å². The van der Waals surface area contributed by atoms with Crippen molar-refractivity contribution >= 4 is 16.9 Å². The summed E-state index contributed by atoms with van der Waals surface area (Å²) in [4.78, 5) is 12.0. The van der Waals surface area contributed by atoms with Gasteiger partial charge in [-0.15, -0.1) is 0 Å². The van der Waals surface area contributed by atoms with Crippen LogP contribution in [0, 0.1) is 19.7 Å². The first-order valence-electron chi connectivity index (χ1n) is 8.47. The number of methoxy groups -OCH3 is 1. The molecule has 28 heavy (non-hydrogen) atoms. The number of carbonyl (C=O) groups is 1. The van der Waals surface area contributed by atoms with E-state index in [-0.39, 0.29) is 11.3 Å². The van der Waals surface area contributed by atoms with Gasteiger partial charge >= 0.3 is 5.97 Å². The lowest BCUT2D eigenvalue weighted by atomic mass is 9.99. The van der Waals surface area contributed by atoms with Crippen molar-refractivity contribution in [3.63, 3.8) is 0 Å². The van der Waals surface area contributed by atoms with Gasteiger partial charge in [-0.1, -0.05) is 5.16 Å². The van der Waals surface area contributed by atoms with Gasteiger partial charge < -0.3 is 18.8 Å². The van der Waals surface area contributed by atoms with Crippen LogP contribution in [0.5, 0.6) is 5.75 Å². The summed E-state index contributed by atoms with van der Waals surface area (Å²) in [6, 6.07) is 8.79. The molecule has 0 aliphatic rings. The molecule has 0 fully saturated rings. The third-order valence-electron chi connectivity index (χ3n) is 4.63. The summed E-state index contributed by atoms with van der Waals surface area (Å²) in [6.07, 6.45) is 0. The van der Waals surface area contributed by atoms with Gasteiger partial charge in [0.2, 0.25) is 0 Å². The molecule has 4 aromatic rings. The molecule has 0 saturated heterocycles. The van der Waals surface area contributed by atoms with Crippen LogP contribution in [-0.4, -0.2) is 23.3 Å². The number of ether oxygens (including phenoxy) is 1. The zero-order valence-electron chi connectivity index (χ0n) is 15.4. The minimum absolute atomic E-state index is 0.00905. The highest BCUT2D eigenvalue weighted by Crippen LogP contribution is 2.42. The molecule has 0 spiro atoms. The monoisotopic (exact) mass is 381 g/mol. The number of benzene rings is 2. The van der Waals surface area contributed by atoms with Gasteiger partial charge in [0.05, 0.1) is 18.4 Å². The lowest BCUT2D eigenvalue weighted by Crippen LogP contribution is -1.98. The zero-order chi connectivity index (χ0) is 20.0. The Labute approximate surface area is 159 Å². The number of hydrogen-bond donors (Lipinski definition) is 1. The number of halogens is 1. The zero-order valence-corrected chi connectivity index (χ0v) is 15.4. The number of fused-ring (bicyclic) bond motifs is 1. The summed E-state index contributed by atoms with van der Waals surface area (Å²) in [5.74, 6) is -0.334. The molecule has 0 saturated carbocycles. The fourth-order valence-electron chi connectivity index (χ4n) is 3.37. The van der Waals surface area contributed by atoms with Gasteiger partial charge in [-0.3, -0.25) is 0 Å². The number of nitrogens with zero attached hydrogens (tertiary/aromatic N) is 1. The van der Waals surface area contributed by atoms with E-state index in [1.54, 1.807) is 19.1 Å². The molecule has 2 aromatic carbocycles. The van der Waals surface area contributed by atoms with Crippen molar-refractivity contribution in [3.05, 3.63) is 59.2 Å². The molecule has 7 heteroatoms. The third-order valence-corrected chi connectivity index (χ3v) is 4.63. The van der Waals surface area contributed by atoms with E-state index in [0.717, 1.165) is 5.56 Å². The van der Waals surface area contributed by atoms with Gasteiger partial charge in [0.15, 0.2) is 0 Å². The molecular formula is C21H16FNO5. The number of hydrogen-bond acceptors (Lipinski definition) is 5. The molecule has 0 atom stereocenters. The molecule has 0 bridgehead atoms. The van der Waals surface area contributed by atoms with Crippen LogP contribution < -0.4 is 4.74 Å². The first-order chi connectivity index (χ1) is 13.4. The molecule has 6 nitrogen and oxygen atoms in total. The van der Waals surface area contributed by atoms with Crippen molar-refractivity contribution in [2.45, 2.75) is 13.8 Å². The van der Waals surface area contributed by atoms with E-state index in [1.165, 1.54) is 31.4 Å². The Hall–Kier alpha value is -3.61. The van der Waals surface area contributed by atoms with E-state index in [4.69, 9.17) is 13.7 Å². The Balaban J connectivity index is 2.03. The fourth-order valence-corrected chi connectivity index (χ4v) is 3.37. The van der Waals surface area contributed by atoms with Crippen molar-refractivity contribution in [2.24, 2.45) is 0 Å². The largest absolute Gasteiger partial charge is 0.496 e. The Morgan fingerprint density at radius 3 is 2.46 bits per heavy atom. The molecule has 0 aliphatic carbocycles. The van der Waals surface area contributed by atoms with E-state index in [2.05, 4.69) is 5.16 Å². The summed E-state index contributed by atoms with van der Waals surface area (Å²) in [6.45, 7) is 3.60. The molecule has 2 aromatic heterocycles. The molecule has 1 N–H and O–H groups in total. The summed E-state index contributed by atoms with van der Waals surface area (Å²) in [7, 11) is 1.50. The highest BCUT2D eigenvalue weighted by Gasteiger charge is 2.25. The van der Waals surface area contributed by atoms with Gasteiger partial charge in [-0.05, 0) is 50.2 Å². The van der Waals surface area contributed by atoms with Crippen LogP contribution in [0.4, 0.5) is 4.39 Å². The molecular weight excluding hydrogens is 365 g/mol. The fraction of sp³-hybridized carbons (Fsp3) is 0.143. The summed E-state index contributed by atoms with van der Waals surface area (Å²) < 4.78 is 29.9. The smallest absolute Gasteiger partial charge is 0.340 e. The highest BCUT2D eigenvalue weighted by molar-refractivity contribution is 6.09. The van der Waals surface area contributed by atoms with Gasteiger partial charge in [-0.2, -0.15) is 0 Å². The van der Waals surface area contributed by atoms with Crippen LogP contribution in [0.3, 0.4) is 0 Å². The molecule has 0 unspecified atom stereocenters. The summed E-state index contributed by atoms with van der Waals surface area (Å²) in [5.41, 5.74) is 2.95. The van der Waals surface area contributed by atoms with Crippen molar-refractivity contribution in [3.8, 4) is 28.2 Å². The lowest BCUT2D eigenvalue weighted by Gasteiger charge is -2.08. The number of aromatic nitrogens is 1. The standard InChI is InChI=1S/C21H16FNO5/c1-10-18(11(2)28-23-10)14-9-17-15(8-16(14)26-3)19(21(24)25)20(27-17)12-4-6-13(22)7-5-12/h4-9H,1-3H3,(H,24,25). The predicted molar refractivity (Wildman–Crippen MR) is 100 cm³/mol. The predicted octanol–water partition coefficient (Wildman–Crippen LogP) is 5.22. The van der Waals surface area contributed by atoms with Crippen LogP contribution in [0.25, 0.3) is 33.4 Å². The van der Waals surface area contributed by atoms with Crippen molar-refractivity contribution in [1.82, 2.24) is 5.16 Å². The average Bonchev–Trinajstić information content (AvgIpc) is 3.20. The SMILES string of the molecule is COc1cc2c(C(=O)O)c(-c3ccc(F)cc3)oc2cc1-c1c(C)noc1C. The molecule has 4 rings (SSSR count). The maximum Gasteiger partial charge on any atom is 0.340 e. The Bertz CT molecular complexity index is 1180. The Morgan fingerprint density at radius 1 is 1.18 bits per heavy atom. The van der Waals surface area contributed by atoms with E-state index in [1.807, 2.05) is 6.92 Å². The first-order valence-corrected chi connectivity index (χ1v) is 8.47. The molecule has 142 valence electrons. The number of carboxylic acids is 1. The maximum atomic E-state index is 13.3. The van der Waals surface area contributed by atoms with Crippen LogP contribution in [-0.2, 0) is 0 Å². The number of furan rings is 1. The topological polar surface area (TPSA) is 85.7 Å². The highest BCUT2D eigenvalue weighted by atomic mass is 19.1. The van der Waals surface area contributed by atoms with E-state index in [9.17, 15) is 14.3 Å². The third kappa shape index (κ3) is 2.72. The Morgan fingerprint density at radius 2 is 1.89 bits per heavy atom.